The standard InChI is InChI=1S/C17H28O2S/c1-7-9-11-17(15(5)10-8-2)16(6)13-20(18,19)12-14(3)4/h7-11,13-14,18-19H,2,12H2,1,3-6H3/b9-7-,15-10-,16-13+,17-11-. The van der Waals surface area contributed by atoms with Crippen molar-refractivity contribution in [2.24, 2.45) is 5.92 Å². The van der Waals surface area contributed by atoms with E-state index in [1.807, 2.05) is 58.9 Å². The van der Waals surface area contributed by atoms with Gasteiger partial charge in [0.25, 0.3) is 0 Å². The molecule has 0 aromatic rings. The van der Waals surface area contributed by atoms with Gasteiger partial charge in [0.05, 0.1) is 0 Å². The molecular weight excluding hydrogens is 268 g/mol. The Morgan fingerprint density at radius 1 is 1.15 bits per heavy atom. The molecule has 0 aliphatic rings. The second-order valence-corrected chi connectivity index (χ2v) is 7.27. The normalized spacial score (nSPS) is 16.1. The van der Waals surface area contributed by atoms with Crippen LogP contribution in [0.15, 0.2) is 59.1 Å². The Hall–Kier alpha value is -1.03. The molecule has 0 radical (unpaired) electrons. The van der Waals surface area contributed by atoms with Crippen molar-refractivity contribution in [3.8, 4) is 0 Å². The molecule has 0 amide bonds. The van der Waals surface area contributed by atoms with Crippen LogP contribution in [-0.2, 0) is 0 Å². The molecule has 114 valence electrons. The zero-order valence-electron chi connectivity index (χ0n) is 13.3. The highest BCUT2D eigenvalue weighted by Crippen LogP contribution is 2.44. The third kappa shape index (κ3) is 7.53. The van der Waals surface area contributed by atoms with Gasteiger partial charge in [-0.2, -0.15) is 10.6 Å². The maximum Gasteiger partial charge on any atom is 0.0441 e. The van der Waals surface area contributed by atoms with Gasteiger partial charge in [-0.1, -0.05) is 50.8 Å². The highest BCUT2D eigenvalue weighted by Gasteiger charge is 2.13. The molecule has 20 heavy (non-hydrogen) atoms. The minimum atomic E-state index is -2.68. The van der Waals surface area contributed by atoms with Crippen molar-refractivity contribution in [3.05, 3.63) is 59.1 Å². The Morgan fingerprint density at radius 3 is 2.20 bits per heavy atom. The van der Waals surface area contributed by atoms with Crippen LogP contribution in [0.2, 0.25) is 0 Å². The van der Waals surface area contributed by atoms with Gasteiger partial charge in [-0.05, 0) is 43.4 Å². The summed E-state index contributed by atoms with van der Waals surface area (Å²) in [4.78, 5) is 0. The number of rotatable bonds is 7. The molecule has 0 bridgehead atoms. The Balaban J connectivity index is 5.49. The first-order chi connectivity index (χ1) is 9.23. The lowest BCUT2D eigenvalue weighted by atomic mass is 10.0. The molecule has 0 aromatic carbocycles. The van der Waals surface area contributed by atoms with E-state index in [4.69, 9.17) is 0 Å². The molecular formula is C17H28O2S. The van der Waals surface area contributed by atoms with E-state index in [9.17, 15) is 9.11 Å². The SMILES string of the molecule is C=C\C=C(C)/C(=C/C=C\C)C(/C)=C/S(O)(O)CC(C)C. The van der Waals surface area contributed by atoms with E-state index in [-0.39, 0.29) is 5.92 Å². The van der Waals surface area contributed by atoms with Crippen molar-refractivity contribution >= 4 is 10.6 Å². The van der Waals surface area contributed by atoms with Gasteiger partial charge in [0.1, 0.15) is 0 Å². The molecule has 0 saturated carbocycles. The first kappa shape index (κ1) is 19.0. The quantitative estimate of drug-likeness (QED) is 0.571. The minimum Gasteiger partial charge on any atom is -0.295 e. The van der Waals surface area contributed by atoms with Crippen LogP contribution in [0.3, 0.4) is 0 Å². The van der Waals surface area contributed by atoms with Crippen LogP contribution in [0, 0.1) is 5.92 Å². The number of allylic oxidation sites excluding steroid dienone is 8. The summed E-state index contributed by atoms with van der Waals surface area (Å²) in [5, 5.41) is 1.60. The summed E-state index contributed by atoms with van der Waals surface area (Å²) in [5.41, 5.74) is 2.91. The van der Waals surface area contributed by atoms with Crippen LogP contribution in [0.5, 0.6) is 0 Å². The third-order valence-electron chi connectivity index (χ3n) is 2.62. The van der Waals surface area contributed by atoms with Crippen molar-refractivity contribution in [1.82, 2.24) is 0 Å². The fourth-order valence-corrected chi connectivity index (χ4v) is 3.69. The monoisotopic (exact) mass is 296 g/mol. The zero-order chi connectivity index (χ0) is 15.8. The molecule has 0 unspecified atom stereocenters. The first-order valence-electron chi connectivity index (χ1n) is 6.80. The lowest BCUT2D eigenvalue weighted by Gasteiger charge is -2.31. The second kappa shape index (κ2) is 9.01. The van der Waals surface area contributed by atoms with Gasteiger partial charge in [-0.15, -0.1) is 0 Å². The first-order valence-corrected chi connectivity index (χ1v) is 8.58. The zero-order valence-corrected chi connectivity index (χ0v) is 14.1. The van der Waals surface area contributed by atoms with Crippen molar-refractivity contribution in [3.63, 3.8) is 0 Å². The predicted octanol–water partition coefficient (Wildman–Crippen LogP) is 5.93. The Kier molecular flexibility index (Phi) is 8.54. The molecule has 0 aromatic heterocycles. The van der Waals surface area contributed by atoms with Crippen LogP contribution < -0.4 is 0 Å². The summed E-state index contributed by atoms with van der Waals surface area (Å²) in [6.07, 6.45) is 9.52. The molecule has 0 saturated heterocycles. The average Bonchev–Trinajstić information content (AvgIpc) is 2.27. The largest absolute Gasteiger partial charge is 0.295 e. The molecule has 3 heteroatoms. The molecule has 0 aliphatic carbocycles. The highest BCUT2D eigenvalue weighted by molar-refractivity contribution is 8.26. The highest BCUT2D eigenvalue weighted by atomic mass is 32.3. The minimum absolute atomic E-state index is 0.247. The molecule has 0 aliphatic heterocycles. The molecule has 0 rings (SSSR count). The molecule has 0 fully saturated rings. The second-order valence-electron chi connectivity index (χ2n) is 5.27. The van der Waals surface area contributed by atoms with Crippen molar-refractivity contribution in [2.75, 3.05) is 5.75 Å². The van der Waals surface area contributed by atoms with E-state index in [0.717, 1.165) is 16.7 Å². The summed E-state index contributed by atoms with van der Waals surface area (Å²) in [6.45, 7) is 13.5. The fraction of sp³-hybridized carbons (Fsp3) is 0.412. The fourth-order valence-electron chi connectivity index (χ4n) is 1.92. The van der Waals surface area contributed by atoms with Crippen molar-refractivity contribution < 1.29 is 9.11 Å². The maximum atomic E-state index is 10.1. The van der Waals surface area contributed by atoms with Gasteiger partial charge < -0.3 is 0 Å². The lowest BCUT2D eigenvalue weighted by molar-refractivity contribution is 0.488. The van der Waals surface area contributed by atoms with E-state index >= 15 is 0 Å². The van der Waals surface area contributed by atoms with Crippen molar-refractivity contribution in [2.45, 2.75) is 34.6 Å². The van der Waals surface area contributed by atoms with Gasteiger partial charge >= 0.3 is 0 Å². The molecule has 2 nitrogen and oxygen atoms in total. The maximum absolute atomic E-state index is 10.1. The number of hydrogen-bond donors (Lipinski definition) is 2. The summed E-state index contributed by atoms with van der Waals surface area (Å²) >= 11 is 0. The smallest absolute Gasteiger partial charge is 0.0441 e. The number of hydrogen-bond acceptors (Lipinski definition) is 2. The van der Waals surface area contributed by atoms with Crippen molar-refractivity contribution in [1.29, 1.82) is 0 Å². The summed E-state index contributed by atoms with van der Waals surface area (Å²) in [5.74, 6) is 0.641. The van der Waals surface area contributed by atoms with E-state index in [1.54, 1.807) is 11.5 Å². The molecule has 0 heterocycles. The Labute approximate surface area is 125 Å². The van der Waals surface area contributed by atoms with Gasteiger partial charge in [0, 0.05) is 11.2 Å². The van der Waals surface area contributed by atoms with Gasteiger partial charge in [0.2, 0.25) is 0 Å². The Morgan fingerprint density at radius 2 is 1.75 bits per heavy atom. The van der Waals surface area contributed by atoms with Gasteiger partial charge in [0.15, 0.2) is 0 Å². The van der Waals surface area contributed by atoms with Gasteiger partial charge in [-0.3, -0.25) is 9.11 Å². The van der Waals surface area contributed by atoms with E-state index in [0.29, 0.717) is 5.75 Å². The van der Waals surface area contributed by atoms with Crippen LogP contribution in [0.1, 0.15) is 34.6 Å². The molecule has 0 atom stereocenters. The van der Waals surface area contributed by atoms with E-state index in [1.165, 1.54) is 0 Å². The van der Waals surface area contributed by atoms with Crippen LogP contribution in [0.25, 0.3) is 0 Å². The third-order valence-corrected chi connectivity index (χ3v) is 4.51. The van der Waals surface area contributed by atoms with E-state index in [2.05, 4.69) is 6.58 Å². The average molecular weight is 296 g/mol. The summed E-state index contributed by atoms with van der Waals surface area (Å²) in [6, 6.07) is 0. The topological polar surface area (TPSA) is 40.5 Å². The summed E-state index contributed by atoms with van der Waals surface area (Å²) < 4.78 is 20.2. The van der Waals surface area contributed by atoms with Crippen LogP contribution in [-0.4, -0.2) is 14.9 Å². The van der Waals surface area contributed by atoms with Crippen LogP contribution >= 0.6 is 10.6 Å². The molecule has 0 spiro atoms. The lowest BCUT2D eigenvalue weighted by Crippen LogP contribution is -2.06. The van der Waals surface area contributed by atoms with Crippen LogP contribution in [0.4, 0.5) is 0 Å². The molecule has 2 N–H and O–H groups in total. The van der Waals surface area contributed by atoms with Gasteiger partial charge in [-0.25, -0.2) is 0 Å². The summed E-state index contributed by atoms with van der Waals surface area (Å²) in [7, 11) is -2.68. The predicted molar refractivity (Wildman–Crippen MR) is 93.2 cm³/mol. The Bertz CT molecular complexity index is 438. The van der Waals surface area contributed by atoms with E-state index < -0.39 is 10.6 Å².